The quantitative estimate of drug-likeness (QED) is 0.798. The maximum atomic E-state index is 12.8. The Hall–Kier alpha value is -2.88. The van der Waals surface area contributed by atoms with E-state index in [1.807, 2.05) is 86.6 Å². The third kappa shape index (κ3) is 3.01. The van der Waals surface area contributed by atoms with Crippen LogP contribution in [0, 0.1) is 6.92 Å². The van der Waals surface area contributed by atoms with Crippen molar-refractivity contribution in [1.82, 2.24) is 4.90 Å². The fourth-order valence-electron chi connectivity index (χ4n) is 2.43. The number of aryl methyl sites for hydroxylation is 1. The van der Waals surface area contributed by atoms with Gasteiger partial charge in [-0.25, -0.2) is 0 Å². The van der Waals surface area contributed by atoms with Gasteiger partial charge in [-0.1, -0.05) is 48.0 Å². The summed E-state index contributed by atoms with van der Waals surface area (Å²) < 4.78 is 0. The minimum Gasteiger partial charge on any atom is -0.361 e. The van der Waals surface area contributed by atoms with Crippen LogP contribution in [0.15, 0.2) is 65.3 Å². The molecule has 3 rings (SSSR count). The van der Waals surface area contributed by atoms with Gasteiger partial charge in [-0.2, -0.15) is 5.01 Å². The summed E-state index contributed by atoms with van der Waals surface area (Å²) in [5.41, 5.74) is 3.55. The monoisotopic (exact) mass is 305 g/mol. The molecule has 0 radical (unpaired) electrons. The third-order valence-corrected chi connectivity index (χ3v) is 3.67. The van der Waals surface area contributed by atoms with Crippen LogP contribution in [0.2, 0.25) is 0 Å². The Labute approximate surface area is 136 Å². The lowest BCUT2D eigenvalue weighted by molar-refractivity contribution is -0.114. The largest absolute Gasteiger partial charge is 0.361 e. The first-order chi connectivity index (χ1) is 11.1. The van der Waals surface area contributed by atoms with Gasteiger partial charge in [0.15, 0.2) is 5.84 Å². The topological polar surface area (TPSA) is 35.9 Å². The molecule has 116 valence electrons. The van der Waals surface area contributed by atoms with Gasteiger partial charge in [0.1, 0.15) is 0 Å². The number of carbonyl (C=O) groups is 1. The molecular formula is C19H19N3O. The molecule has 0 saturated heterocycles. The van der Waals surface area contributed by atoms with E-state index in [2.05, 4.69) is 5.10 Å². The lowest BCUT2D eigenvalue weighted by atomic mass is 10.1. The number of nitrogens with zero attached hydrogens (tertiary/aromatic N) is 3. The normalized spacial score (nSPS) is 16.0. The van der Waals surface area contributed by atoms with Crippen LogP contribution in [0.1, 0.15) is 11.1 Å². The van der Waals surface area contributed by atoms with Crippen LogP contribution in [-0.2, 0) is 4.79 Å². The zero-order valence-electron chi connectivity index (χ0n) is 13.5. The van der Waals surface area contributed by atoms with E-state index in [0.717, 1.165) is 11.3 Å². The van der Waals surface area contributed by atoms with E-state index in [0.29, 0.717) is 11.4 Å². The van der Waals surface area contributed by atoms with E-state index < -0.39 is 0 Å². The second-order valence-corrected chi connectivity index (χ2v) is 5.74. The number of para-hydroxylation sites is 1. The predicted octanol–water partition coefficient (Wildman–Crippen LogP) is 3.30. The van der Waals surface area contributed by atoms with Crippen molar-refractivity contribution in [3.8, 4) is 0 Å². The number of carbonyl (C=O) groups excluding carboxylic acids is 1. The highest BCUT2D eigenvalue weighted by Gasteiger charge is 2.32. The van der Waals surface area contributed by atoms with E-state index in [1.54, 1.807) is 0 Å². The Kier molecular flexibility index (Phi) is 3.98. The third-order valence-electron chi connectivity index (χ3n) is 3.67. The molecule has 1 amide bonds. The van der Waals surface area contributed by atoms with Gasteiger partial charge in [0, 0.05) is 14.1 Å². The molecule has 2 aromatic rings. The lowest BCUT2D eigenvalue weighted by Gasteiger charge is -2.11. The molecule has 0 unspecified atom stereocenters. The minimum absolute atomic E-state index is 0.111. The molecule has 4 nitrogen and oxygen atoms in total. The van der Waals surface area contributed by atoms with Crippen molar-refractivity contribution >= 4 is 23.5 Å². The molecule has 0 spiro atoms. The molecule has 4 heteroatoms. The molecule has 1 heterocycles. The van der Waals surface area contributed by atoms with E-state index >= 15 is 0 Å². The van der Waals surface area contributed by atoms with Gasteiger partial charge in [0.25, 0.3) is 5.91 Å². The SMILES string of the molecule is Cc1ccc(C=C2C(=O)N(c3ccccc3)N=C2N(C)C)cc1. The number of hydrogen-bond donors (Lipinski definition) is 0. The molecule has 0 saturated carbocycles. The van der Waals surface area contributed by atoms with Crippen molar-refractivity contribution < 1.29 is 4.79 Å². The Bertz CT molecular complexity index is 774. The van der Waals surface area contributed by atoms with Crippen LogP contribution in [-0.4, -0.2) is 30.7 Å². The summed E-state index contributed by atoms with van der Waals surface area (Å²) in [5, 5.41) is 5.95. The fraction of sp³-hybridized carbons (Fsp3) is 0.158. The number of hydrogen-bond acceptors (Lipinski definition) is 3. The Morgan fingerprint density at radius 2 is 1.65 bits per heavy atom. The number of anilines is 1. The summed E-state index contributed by atoms with van der Waals surface area (Å²) in [6.07, 6.45) is 1.89. The molecule has 0 bridgehead atoms. The lowest BCUT2D eigenvalue weighted by Crippen LogP contribution is -2.24. The van der Waals surface area contributed by atoms with Crippen molar-refractivity contribution in [2.45, 2.75) is 6.92 Å². The van der Waals surface area contributed by atoms with Crippen LogP contribution < -0.4 is 5.01 Å². The standard InChI is InChI=1S/C19H19N3O/c1-14-9-11-15(12-10-14)13-17-18(21(2)3)20-22(19(17)23)16-7-5-4-6-8-16/h4-13H,1-3H3. The zero-order valence-corrected chi connectivity index (χ0v) is 13.5. The van der Waals surface area contributed by atoms with Crippen LogP contribution in [0.5, 0.6) is 0 Å². The zero-order chi connectivity index (χ0) is 16.4. The van der Waals surface area contributed by atoms with E-state index in [1.165, 1.54) is 10.6 Å². The molecule has 0 fully saturated rings. The molecule has 0 N–H and O–H groups in total. The Morgan fingerprint density at radius 1 is 1.00 bits per heavy atom. The average Bonchev–Trinajstić information content (AvgIpc) is 2.88. The van der Waals surface area contributed by atoms with Crippen molar-refractivity contribution in [2.75, 3.05) is 19.1 Å². The van der Waals surface area contributed by atoms with E-state index in [-0.39, 0.29) is 5.91 Å². The summed E-state index contributed by atoms with van der Waals surface area (Å²) in [5.74, 6) is 0.555. The molecule has 1 aliphatic heterocycles. The molecule has 23 heavy (non-hydrogen) atoms. The number of rotatable bonds is 2. The van der Waals surface area contributed by atoms with Gasteiger partial charge in [-0.05, 0) is 30.7 Å². The summed E-state index contributed by atoms with van der Waals surface area (Å²) in [6, 6.07) is 17.6. The Morgan fingerprint density at radius 3 is 2.26 bits per heavy atom. The van der Waals surface area contributed by atoms with Gasteiger partial charge < -0.3 is 4.90 Å². The van der Waals surface area contributed by atoms with Crippen molar-refractivity contribution in [3.63, 3.8) is 0 Å². The highest BCUT2D eigenvalue weighted by atomic mass is 16.2. The maximum Gasteiger partial charge on any atom is 0.282 e. The first kappa shape index (κ1) is 15.0. The number of benzene rings is 2. The Balaban J connectivity index is 2.01. The highest BCUT2D eigenvalue weighted by Crippen LogP contribution is 2.25. The molecular weight excluding hydrogens is 286 g/mol. The first-order valence-electron chi connectivity index (χ1n) is 7.50. The average molecular weight is 305 g/mol. The number of hydrazone groups is 1. The van der Waals surface area contributed by atoms with Gasteiger partial charge in [-0.3, -0.25) is 4.79 Å². The molecule has 0 aliphatic carbocycles. The van der Waals surface area contributed by atoms with Gasteiger partial charge in [-0.15, -0.1) is 5.10 Å². The second-order valence-electron chi connectivity index (χ2n) is 5.74. The van der Waals surface area contributed by atoms with Gasteiger partial charge in [0.2, 0.25) is 0 Å². The fourth-order valence-corrected chi connectivity index (χ4v) is 2.43. The van der Waals surface area contributed by atoms with Gasteiger partial charge >= 0.3 is 0 Å². The molecule has 1 aliphatic rings. The second kappa shape index (κ2) is 6.08. The number of amidine groups is 1. The van der Waals surface area contributed by atoms with Crippen molar-refractivity contribution in [2.24, 2.45) is 5.10 Å². The van der Waals surface area contributed by atoms with Gasteiger partial charge in [0.05, 0.1) is 11.3 Å². The van der Waals surface area contributed by atoms with Crippen molar-refractivity contribution in [3.05, 3.63) is 71.3 Å². The number of likely N-dealkylation sites (N-methyl/N-ethyl adjacent to an activating group) is 1. The van der Waals surface area contributed by atoms with E-state index in [4.69, 9.17) is 0 Å². The summed E-state index contributed by atoms with van der Waals surface area (Å²) in [7, 11) is 3.78. The summed E-state index contributed by atoms with van der Waals surface area (Å²) in [6.45, 7) is 2.04. The number of amides is 1. The van der Waals surface area contributed by atoms with Crippen LogP contribution >= 0.6 is 0 Å². The first-order valence-corrected chi connectivity index (χ1v) is 7.50. The summed E-state index contributed by atoms with van der Waals surface area (Å²) >= 11 is 0. The maximum absolute atomic E-state index is 12.8. The highest BCUT2D eigenvalue weighted by molar-refractivity contribution is 6.31. The minimum atomic E-state index is -0.111. The molecule has 0 atom stereocenters. The van der Waals surface area contributed by atoms with Crippen LogP contribution in [0.3, 0.4) is 0 Å². The van der Waals surface area contributed by atoms with Crippen molar-refractivity contribution in [1.29, 1.82) is 0 Å². The molecule has 2 aromatic carbocycles. The van der Waals surface area contributed by atoms with E-state index in [9.17, 15) is 4.79 Å². The predicted molar refractivity (Wildman–Crippen MR) is 94.2 cm³/mol. The smallest absolute Gasteiger partial charge is 0.282 e. The van der Waals surface area contributed by atoms with Crippen LogP contribution in [0.4, 0.5) is 5.69 Å². The molecule has 0 aromatic heterocycles. The summed E-state index contributed by atoms with van der Waals surface area (Å²) in [4.78, 5) is 14.7. The van der Waals surface area contributed by atoms with Crippen LogP contribution in [0.25, 0.3) is 6.08 Å².